The SMILES string of the molecule is C=C1CN2CC[C@@]2(COc2nc3c4c(c(Cl)c(-c5nc(N)cc(C)c5C(F)(F)F)c(F)c4n2)OC[C@@H]2[C@@H]4CC[C@H](CN32)N4)C1. The fourth-order valence-corrected chi connectivity index (χ4v) is 8.15. The summed E-state index contributed by atoms with van der Waals surface area (Å²) in [6.45, 7) is 8.13. The Morgan fingerprint density at radius 1 is 1.27 bits per heavy atom. The van der Waals surface area contributed by atoms with Crippen LogP contribution in [0.25, 0.3) is 22.2 Å². The maximum atomic E-state index is 16.8. The van der Waals surface area contributed by atoms with E-state index in [1.165, 1.54) is 6.92 Å². The molecule has 0 spiro atoms. The van der Waals surface area contributed by atoms with E-state index in [0.717, 1.165) is 50.4 Å². The normalized spacial score (nSPS) is 27.5. The minimum atomic E-state index is -4.87. The number of fused-ring (bicyclic) bond motifs is 6. The highest BCUT2D eigenvalue weighted by Crippen LogP contribution is 2.51. The second-order valence-corrected chi connectivity index (χ2v) is 13.0. The van der Waals surface area contributed by atoms with Crippen molar-refractivity contribution in [3.8, 4) is 23.0 Å². The average Bonchev–Trinajstić information content (AvgIpc) is 3.36. The first-order valence-corrected chi connectivity index (χ1v) is 15.1. The summed E-state index contributed by atoms with van der Waals surface area (Å²) in [6, 6.07) is 1.14. The molecule has 44 heavy (non-hydrogen) atoms. The molecular formula is C30H30ClF4N7O2. The highest BCUT2D eigenvalue weighted by Gasteiger charge is 2.50. The van der Waals surface area contributed by atoms with Crippen molar-refractivity contribution >= 4 is 34.1 Å². The molecule has 0 aliphatic carbocycles. The summed E-state index contributed by atoms with van der Waals surface area (Å²) in [6.07, 6.45) is -1.28. The van der Waals surface area contributed by atoms with E-state index < -0.39 is 28.8 Å². The molecule has 3 aromatic rings. The first-order valence-electron chi connectivity index (χ1n) is 14.7. The number of aryl methyl sites for hydroxylation is 1. The zero-order valence-electron chi connectivity index (χ0n) is 23.9. The van der Waals surface area contributed by atoms with Gasteiger partial charge in [-0.3, -0.25) is 4.90 Å². The number of piperazine rings is 1. The van der Waals surface area contributed by atoms with Crippen molar-refractivity contribution in [1.29, 1.82) is 0 Å². The van der Waals surface area contributed by atoms with Gasteiger partial charge < -0.3 is 25.4 Å². The molecule has 14 heteroatoms. The van der Waals surface area contributed by atoms with E-state index >= 15 is 4.39 Å². The van der Waals surface area contributed by atoms with Gasteiger partial charge in [-0.25, -0.2) is 9.37 Å². The minimum Gasteiger partial charge on any atom is -0.489 e. The van der Waals surface area contributed by atoms with E-state index in [4.69, 9.17) is 31.8 Å². The monoisotopic (exact) mass is 631 g/mol. The van der Waals surface area contributed by atoms with Gasteiger partial charge >= 0.3 is 12.2 Å². The largest absolute Gasteiger partial charge is 0.489 e. The first-order chi connectivity index (χ1) is 20.9. The van der Waals surface area contributed by atoms with Crippen LogP contribution in [0.5, 0.6) is 11.8 Å². The number of nitrogen functional groups attached to an aromatic ring is 1. The molecule has 3 N–H and O–H groups in total. The maximum absolute atomic E-state index is 16.8. The van der Waals surface area contributed by atoms with Crippen LogP contribution in [0.2, 0.25) is 5.02 Å². The number of ether oxygens (including phenoxy) is 2. The lowest BCUT2D eigenvalue weighted by atomic mass is 9.85. The highest BCUT2D eigenvalue weighted by atomic mass is 35.5. The van der Waals surface area contributed by atoms with E-state index in [0.29, 0.717) is 12.4 Å². The van der Waals surface area contributed by atoms with E-state index in [2.05, 4.69) is 31.7 Å². The molecule has 8 rings (SSSR count). The molecule has 4 fully saturated rings. The molecule has 5 aliphatic heterocycles. The number of nitrogens with one attached hydrogen (secondary N) is 1. The van der Waals surface area contributed by atoms with Gasteiger partial charge in [0.1, 0.15) is 30.4 Å². The van der Waals surface area contributed by atoms with Crippen LogP contribution in [0.3, 0.4) is 0 Å². The molecule has 0 radical (unpaired) electrons. The number of aromatic nitrogens is 3. The number of alkyl halides is 3. The predicted octanol–water partition coefficient (Wildman–Crippen LogP) is 4.88. The summed E-state index contributed by atoms with van der Waals surface area (Å²) in [5.41, 5.74) is 3.88. The Morgan fingerprint density at radius 3 is 2.82 bits per heavy atom. The lowest BCUT2D eigenvalue weighted by Crippen LogP contribution is -2.60. The summed E-state index contributed by atoms with van der Waals surface area (Å²) in [4.78, 5) is 17.6. The Morgan fingerprint density at radius 2 is 2.09 bits per heavy atom. The van der Waals surface area contributed by atoms with Crippen molar-refractivity contribution in [1.82, 2.24) is 25.2 Å². The molecule has 0 saturated carbocycles. The molecule has 7 heterocycles. The number of rotatable bonds is 4. The Balaban J connectivity index is 1.34. The van der Waals surface area contributed by atoms with Gasteiger partial charge in [-0.2, -0.15) is 23.1 Å². The molecule has 9 nitrogen and oxygen atoms in total. The Hall–Kier alpha value is -3.42. The van der Waals surface area contributed by atoms with Crippen molar-refractivity contribution in [2.75, 3.05) is 43.5 Å². The number of halogens is 5. The zero-order valence-corrected chi connectivity index (χ0v) is 24.7. The lowest BCUT2D eigenvalue weighted by molar-refractivity contribution is -0.137. The van der Waals surface area contributed by atoms with Gasteiger partial charge in [0.15, 0.2) is 11.6 Å². The number of hydrogen-bond donors (Lipinski definition) is 2. The third-order valence-corrected chi connectivity index (χ3v) is 10.3. The van der Waals surface area contributed by atoms with E-state index in [1.807, 2.05) is 0 Å². The Bertz CT molecular complexity index is 1750. The molecular weight excluding hydrogens is 602 g/mol. The third kappa shape index (κ3) is 4.08. The van der Waals surface area contributed by atoms with E-state index in [1.54, 1.807) is 0 Å². The number of anilines is 2. The first kappa shape index (κ1) is 28.1. The number of benzene rings is 1. The zero-order chi connectivity index (χ0) is 30.7. The van der Waals surface area contributed by atoms with Crippen LogP contribution in [0.15, 0.2) is 18.2 Å². The number of hydrogen-bond acceptors (Lipinski definition) is 9. The summed E-state index contributed by atoms with van der Waals surface area (Å²) in [5, 5.41) is 3.46. The fraction of sp³-hybridized carbons (Fsp3) is 0.500. The maximum Gasteiger partial charge on any atom is 0.418 e. The average molecular weight is 632 g/mol. The highest BCUT2D eigenvalue weighted by molar-refractivity contribution is 6.36. The summed E-state index contributed by atoms with van der Waals surface area (Å²) in [5.74, 6) is -0.888. The van der Waals surface area contributed by atoms with Gasteiger partial charge in [0.25, 0.3) is 0 Å². The molecule has 1 aromatic carbocycles. The summed E-state index contributed by atoms with van der Waals surface area (Å²) < 4.78 is 72.4. The molecule has 232 valence electrons. The molecule has 2 bridgehead atoms. The lowest BCUT2D eigenvalue weighted by Gasteiger charge is -2.47. The summed E-state index contributed by atoms with van der Waals surface area (Å²) in [7, 11) is 0. The van der Waals surface area contributed by atoms with Crippen LogP contribution in [0.1, 0.15) is 36.8 Å². The van der Waals surface area contributed by atoms with Crippen LogP contribution in [-0.4, -0.2) is 76.4 Å². The van der Waals surface area contributed by atoms with Gasteiger partial charge in [0, 0.05) is 31.7 Å². The second-order valence-electron chi connectivity index (χ2n) is 12.7. The molecule has 2 aromatic heterocycles. The van der Waals surface area contributed by atoms with E-state index in [9.17, 15) is 13.2 Å². The van der Waals surface area contributed by atoms with Gasteiger partial charge in [-0.15, -0.1) is 0 Å². The van der Waals surface area contributed by atoms with Crippen molar-refractivity contribution in [3.05, 3.63) is 40.2 Å². The minimum absolute atomic E-state index is 0.00995. The van der Waals surface area contributed by atoms with E-state index in [-0.39, 0.29) is 75.9 Å². The van der Waals surface area contributed by atoms with Crippen molar-refractivity contribution < 1.29 is 27.0 Å². The van der Waals surface area contributed by atoms with Crippen molar-refractivity contribution in [2.45, 2.75) is 62.4 Å². The standard InChI is InChI=1S/C30H30ClF4N7O2/c1-13-8-29(5-6-41(29)9-13)12-44-28-39-25-20-26(43-11-17-16-4-3-15(37-16)10-42(17)27(20)40-28)22(31)19(23(25)32)24-21(30(33,34)35)14(2)7-18(36)38-24/h7,15-17,37H,1,3-6,8-12H2,2H3,(H2,36,38)/t15-,16+,17-,29+/m1/s1. The van der Waals surface area contributed by atoms with Crippen LogP contribution in [0.4, 0.5) is 29.2 Å². The second kappa shape index (κ2) is 9.54. The fourth-order valence-electron chi connectivity index (χ4n) is 7.83. The van der Waals surface area contributed by atoms with Crippen LogP contribution in [0, 0.1) is 12.7 Å². The third-order valence-electron chi connectivity index (χ3n) is 9.91. The van der Waals surface area contributed by atoms with Gasteiger partial charge in [0.05, 0.1) is 38.8 Å². The Kier molecular flexibility index (Phi) is 6.09. The number of nitrogens with two attached hydrogens (primary N) is 1. The topological polar surface area (TPSA) is 102 Å². The number of nitrogens with zero attached hydrogens (tertiary/aromatic N) is 5. The van der Waals surface area contributed by atoms with Gasteiger partial charge in [-0.05, 0) is 44.2 Å². The molecule has 5 aliphatic rings. The van der Waals surface area contributed by atoms with Crippen LogP contribution >= 0.6 is 11.6 Å². The predicted molar refractivity (Wildman–Crippen MR) is 157 cm³/mol. The molecule has 0 amide bonds. The van der Waals surface area contributed by atoms with Crippen molar-refractivity contribution in [2.24, 2.45) is 0 Å². The molecule has 0 unspecified atom stereocenters. The molecule has 4 saturated heterocycles. The summed E-state index contributed by atoms with van der Waals surface area (Å²) >= 11 is 6.80. The van der Waals surface area contributed by atoms with Crippen LogP contribution in [-0.2, 0) is 6.18 Å². The Labute approximate surface area is 255 Å². The number of pyridine rings is 1. The molecule has 4 atom stereocenters. The van der Waals surface area contributed by atoms with Crippen molar-refractivity contribution in [3.63, 3.8) is 0 Å². The van der Waals surface area contributed by atoms with Crippen LogP contribution < -0.4 is 25.4 Å². The quantitative estimate of drug-likeness (QED) is 0.308. The smallest absolute Gasteiger partial charge is 0.418 e. The van der Waals surface area contributed by atoms with Gasteiger partial charge in [-0.1, -0.05) is 23.8 Å². The van der Waals surface area contributed by atoms with Gasteiger partial charge in [0.2, 0.25) is 0 Å².